The zero-order chi connectivity index (χ0) is 22.7. The van der Waals surface area contributed by atoms with E-state index in [0.29, 0.717) is 16.4 Å². The van der Waals surface area contributed by atoms with Crippen LogP contribution in [0.25, 0.3) is 11.3 Å². The van der Waals surface area contributed by atoms with Crippen LogP contribution in [0.4, 0.5) is 11.5 Å². The van der Waals surface area contributed by atoms with Gasteiger partial charge in [-0.05, 0) is 49.5 Å². The third-order valence-electron chi connectivity index (χ3n) is 5.33. The number of nitrogens with one attached hydrogen (secondary N) is 1. The lowest BCUT2D eigenvalue weighted by molar-refractivity contribution is 0.312. The molecule has 32 heavy (non-hydrogen) atoms. The summed E-state index contributed by atoms with van der Waals surface area (Å²) in [5.41, 5.74) is 1.97. The van der Waals surface area contributed by atoms with Crippen LogP contribution in [0.5, 0.6) is 5.75 Å². The summed E-state index contributed by atoms with van der Waals surface area (Å²) in [5.74, 6) is 1.08. The van der Waals surface area contributed by atoms with Crippen molar-refractivity contribution in [2.45, 2.75) is 4.90 Å². The number of hydrogen-bond donors (Lipinski definition) is 1. The topological polar surface area (TPSA) is 87.7 Å². The average Bonchev–Trinajstić information content (AvgIpc) is 2.80. The van der Waals surface area contributed by atoms with Crippen LogP contribution in [0.3, 0.4) is 0 Å². The lowest BCUT2D eigenvalue weighted by Gasteiger charge is -2.32. The molecule has 0 amide bonds. The van der Waals surface area contributed by atoms with Gasteiger partial charge in [0.25, 0.3) is 10.0 Å². The van der Waals surface area contributed by atoms with E-state index in [2.05, 4.69) is 31.8 Å². The third-order valence-corrected chi connectivity index (χ3v) is 6.96. The smallest absolute Gasteiger partial charge is 0.265 e. The van der Waals surface area contributed by atoms with Crippen LogP contribution in [0.2, 0.25) is 5.02 Å². The fourth-order valence-electron chi connectivity index (χ4n) is 3.46. The van der Waals surface area contributed by atoms with Crippen molar-refractivity contribution in [3.05, 3.63) is 59.6 Å². The van der Waals surface area contributed by atoms with Crippen molar-refractivity contribution >= 4 is 33.1 Å². The SMILES string of the molecule is COc1ccc(Cl)cc1S(=O)(=O)Nc1ccc(-c2ccc(N3CCN(C)CC3)nn2)cc1. The molecule has 1 fully saturated rings. The monoisotopic (exact) mass is 473 g/mol. The van der Waals surface area contributed by atoms with Crippen LogP contribution in [0.1, 0.15) is 0 Å². The first-order valence-corrected chi connectivity index (χ1v) is 12.0. The van der Waals surface area contributed by atoms with E-state index in [9.17, 15) is 8.42 Å². The molecule has 0 bridgehead atoms. The second-order valence-corrected chi connectivity index (χ2v) is 9.63. The maximum atomic E-state index is 12.8. The molecule has 10 heteroatoms. The fraction of sp³-hybridized carbons (Fsp3) is 0.273. The molecule has 0 atom stereocenters. The lowest BCUT2D eigenvalue weighted by atomic mass is 10.1. The molecular weight excluding hydrogens is 450 g/mol. The fourth-order valence-corrected chi connectivity index (χ4v) is 4.95. The molecule has 0 saturated carbocycles. The standard InChI is InChI=1S/C22H24ClN5O3S/c1-27-11-13-28(14-12-27)22-10-8-19(24-25-22)16-3-6-18(7-4-16)26-32(29,30)21-15-17(23)5-9-20(21)31-2/h3-10,15,26H,11-14H2,1-2H3. The van der Waals surface area contributed by atoms with Crippen molar-refractivity contribution in [3.63, 3.8) is 0 Å². The maximum absolute atomic E-state index is 12.8. The highest BCUT2D eigenvalue weighted by atomic mass is 35.5. The number of nitrogens with zero attached hydrogens (tertiary/aromatic N) is 4. The quantitative estimate of drug-likeness (QED) is 0.587. The lowest BCUT2D eigenvalue weighted by Crippen LogP contribution is -2.44. The molecule has 168 valence electrons. The first kappa shape index (κ1) is 22.3. The summed E-state index contributed by atoms with van der Waals surface area (Å²) in [7, 11) is -0.352. The Labute approximate surface area is 192 Å². The molecule has 2 aromatic carbocycles. The molecule has 4 rings (SSSR count). The minimum Gasteiger partial charge on any atom is -0.495 e. The molecular formula is C22H24ClN5O3S. The predicted octanol–water partition coefficient (Wildman–Crippen LogP) is 3.36. The largest absolute Gasteiger partial charge is 0.495 e. The zero-order valence-corrected chi connectivity index (χ0v) is 19.4. The van der Waals surface area contributed by atoms with Gasteiger partial charge in [-0.1, -0.05) is 23.7 Å². The zero-order valence-electron chi connectivity index (χ0n) is 17.8. The summed E-state index contributed by atoms with van der Waals surface area (Å²) in [6.45, 7) is 3.86. The van der Waals surface area contributed by atoms with Crippen LogP contribution < -0.4 is 14.4 Å². The number of ether oxygens (including phenoxy) is 1. The molecule has 1 aliphatic rings. The number of sulfonamides is 1. The van der Waals surface area contributed by atoms with Crippen molar-refractivity contribution < 1.29 is 13.2 Å². The van der Waals surface area contributed by atoms with Gasteiger partial charge in [0.15, 0.2) is 5.82 Å². The summed E-state index contributed by atoms with van der Waals surface area (Å²) in [4.78, 5) is 4.48. The summed E-state index contributed by atoms with van der Waals surface area (Å²) in [5, 5.41) is 9.03. The van der Waals surface area contributed by atoms with Crippen molar-refractivity contribution in [3.8, 4) is 17.0 Å². The van der Waals surface area contributed by atoms with Crippen molar-refractivity contribution in [1.29, 1.82) is 0 Å². The average molecular weight is 474 g/mol. The minimum atomic E-state index is -3.87. The predicted molar refractivity (Wildman–Crippen MR) is 126 cm³/mol. The second-order valence-electron chi connectivity index (χ2n) is 7.55. The third kappa shape index (κ3) is 4.95. The molecule has 1 aliphatic heterocycles. The Hall–Kier alpha value is -2.88. The molecule has 0 aliphatic carbocycles. The maximum Gasteiger partial charge on any atom is 0.265 e. The molecule has 0 unspecified atom stereocenters. The van der Waals surface area contributed by atoms with Gasteiger partial charge in [0.1, 0.15) is 10.6 Å². The molecule has 1 saturated heterocycles. The number of benzene rings is 2. The molecule has 2 heterocycles. The number of rotatable bonds is 6. The van der Waals surface area contributed by atoms with Gasteiger partial charge in [0.2, 0.25) is 0 Å². The molecule has 3 aromatic rings. The van der Waals surface area contributed by atoms with E-state index in [-0.39, 0.29) is 10.6 Å². The normalized spacial score (nSPS) is 14.9. The van der Waals surface area contributed by atoms with E-state index in [1.54, 1.807) is 30.3 Å². The van der Waals surface area contributed by atoms with E-state index in [1.807, 2.05) is 12.1 Å². The second kappa shape index (κ2) is 9.32. The van der Waals surface area contributed by atoms with Crippen LogP contribution in [0.15, 0.2) is 59.5 Å². The number of likely N-dealkylation sites (N-methyl/N-ethyl adjacent to an activating group) is 1. The molecule has 0 spiro atoms. The Morgan fingerprint density at radius 1 is 0.969 bits per heavy atom. The van der Waals surface area contributed by atoms with Crippen LogP contribution in [-0.2, 0) is 10.0 Å². The molecule has 8 nitrogen and oxygen atoms in total. The Bertz CT molecular complexity index is 1180. The van der Waals surface area contributed by atoms with Gasteiger partial charge in [-0.3, -0.25) is 4.72 Å². The van der Waals surface area contributed by atoms with Gasteiger partial charge in [0, 0.05) is 42.5 Å². The van der Waals surface area contributed by atoms with E-state index in [0.717, 1.165) is 37.6 Å². The van der Waals surface area contributed by atoms with Crippen molar-refractivity contribution in [1.82, 2.24) is 15.1 Å². The highest BCUT2D eigenvalue weighted by molar-refractivity contribution is 7.92. The molecule has 1 aromatic heterocycles. The number of piperazine rings is 1. The van der Waals surface area contributed by atoms with E-state index >= 15 is 0 Å². The summed E-state index contributed by atoms with van der Waals surface area (Å²) in [6.07, 6.45) is 0. The highest BCUT2D eigenvalue weighted by Gasteiger charge is 2.20. The van der Waals surface area contributed by atoms with E-state index < -0.39 is 10.0 Å². The van der Waals surface area contributed by atoms with Crippen LogP contribution in [-0.4, -0.2) is 63.9 Å². The van der Waals surface area contributed by atoms with Gasteiger partial charge in [-0.2, -0.15) is 0 Å². The van der Waals surface area contributed by atoms with E-state index in [4.69, 9.17) is 16.3 Å². The van der Waals surface area contributed by atoms with Crippen LogP contribution in [0, 0.1) is 0 Å². The minimum absolute atomic E-state index is 0.0260. The number of methoxy groups -OCH3 is 1. The number of hydrogen-bond acceptors (Lipinski definition) is 7. The first-order chi connectivity index (χ1) is 15.4. The summed E-state index contributed by atoms with van der Waals surface area (Å²) in [6, 6.07) is 15.3. The Kier molecular flexibility index (Phi) is 6.50. The number of halogens is 1. The number of aromatic nitrogens is 2. The molecule has 0 radical (unpaired) electrons. The van der Waals surface area contributed by atoms with Gasteiger partial charge < -0.3 is 14.5 Å². The van der Waals surface area contributed by atoms with Gasteiger partial charge >= 0.3 is 0 Å². The van der Waals surface area contributed by atoms with Gasteiger partial charge in [0.05, 0.1) is 12.8 Å². The molecule has 1 N–H and O–H groups in total. The highest BCUT2D eigenvalue weighted by Crippen LogP contribution is 2.29. The van der Waals surface area contributed by atoms with Gasteiger partial charge in [-0.25, -0.2) is 8.42 Å². The summed E-state index contributed by atoms with van der Waals surface area (Å²) >= 11 is 5.97. The van der Waals surface area contributed by atoms with E-state index in [1.165, 1.54) is 19.2 Å². The Morgan fingerprint density at radius 3 is 2.31 bits per heavy atom. The summed E-state index contributed by atoms with van der Waals surface area (Å²) < 4.78 is 33.4. The first-order valence-electron chi connectivity index (χ1n) is 10.1. The van der Waals surface area contributed by atoms with Crippen molar-refractivity contribution in [2.75, 3.05) is 50.0 Å². The van der Waals surface area contributed by atoms with Gasteiger partial charge in [-0.15, -0.1) is 10.2 Å². The Balaban J connectivity index is 1.48. The number of anilines is 2. The Morgan fingerprint density at radius 2 is 1.69 bits per heavy atom. The van der Waals surface area contributed by atoms with Crippen molar-refractivity contribution in [2.24, 2.45) is 0 Å². The van der Waals surface area contributed by atoms with Crippen LogP contribution >= 0.6 is 11.6 Å².